The van der Waals surface area contributed by atoms with Crippen molar-refractivity contribution in [3.05, 3.63) is 58.6 Å². The molecule has 0 amide bonds. The fraction of sp³-hybridized carbons (Fsp3) is 0.294. The van der Waals surface area contributed by atoms with Crippen molar-refractivity contribution >= 4 is 11.6 Å². The molecule has 21 heavy (non-hydrogen) atoms. The van der Waals surface area contributed by atoms with E-state index in [9.17, 15) is 0 Å². The smallest absolute Gasteiger partial charge is 0.161 e. The molecule has 0 spiro atoms. The van der Waals surface area contributed by atoms with Crippen molar-refractivity contribution in [2.24, 2.45) is 0 Å². The molecule has 0 bridgehead atoms. The zero-order chi connectivity index (χ0) is 14.7. The van der Waals surface area contributed by atoms with E-state index in [1.807, 2.05) is 30.3 Å². The van der Waals surface area contributed by atoms with E-state index in [1.54, 1.807) is 0 Å². The SMILES string of the molecule is CC(NCc1ccc2c(c1)OCCO2)c1cccc(Cl)c1. The topological polar surface area (TPSA) is 30.5 Å². The van der Waals surface area contributed by atoms with Gasteiger partial charge in [0.05, 0.1) is 0 Å². The number of benzene rings is 2. The van der Waals surface area contributed by atoms with Gasteiger partial charge in [0, 0.05) is 17.6 Å². The van der Waals surface area contributed by atoms with Crippen molar-refractivity contribution < 1.29 is 9.47 Å². The monoisotopic (exact) mass is 303 g/mol. The van der Waals surface area contributed by atoms with Crippen molar-refractivity contribution in [3.63, 3.8) is 0 Å². The quantitative estimate of drug-likeness (QED) is 0.927. The first-order valence-corrected chi connectivity index (χ1v) is 7.47. The molecule has 0 aromatic heterocycles. The molecule has 1 aliphatic heterocycles. The molecule has 1 N–H and O–H groups in total. The average molecular weight is 304 g/mol. The van der Waals surface area contributed by atoms with Gasteiger partial charge in [0.15, 0.2) is 11.5 Å². The minimum absolute atomic E-state index is 0.233. The van der Waals surface area contributed by atoms with Crippen LogP contribution in [-0.2, 0) is 6.54 Å². The van der Waals surface area contributed by atoms with Crippen LogP contribution in [0.25, 0.3) is 0 Å². The van der Waals surface area contributed by atoms with Crippen LogP contribution in [0.5, 0.6) is 11.5 Å². The van der Waals surface area contributed by atoms with Crippen LogP contribution < -0.4 is 14.8 Å². The van der Waals surface area contributed by atoms with E-state index < -0.39 is 0 Å². The molecule has 1 unspecified atom stereocenters. The lowest BCUT2D eigenvalue weighted by molar-refractivity contribution is 0.171. The Labute approximate surface area is 129 Å². The number of halogens is 1. The largest absolute Gasteiger partial charge is 0.486 e. The van der Waals surface area contributed by atoms with Crippen LogP contribution in [0.2, 0.25) is 5.02 Å². The summed E-state index contributed by atoms with van der Waals surface area (Å²) < 4.78 is 11.1. The van der Waals surface area contributed by atoms with Gasteiger partial charge in [-0.2, -0.15) is 0 Å². The summed E-state index contributed by atoms with van der Waals surface area (Å²) in [6.45, 7) is 4.13. The minimum Gasteiger partial charge on any atom is -0.486 e. The van der Waals surface area contributed by atoms with E-state index in [2.05, 4.69) is 24.4 Å². The summed E-state index contributed by atoms with van der Waals surface area (Å²) in [7, 11) is 0. The Balaban J connectivity index is 1.64. The number of hydrogen-bond donors (Lipinski definition) is 1. The second kappa shape index (κ2) is 6.37. The third kappa shape index (κ3) is 3.49. The number of rotatable bonds is 4. The molecule has 4 heteroatoms. The second-order valence-corrected chi connectivity index (χ2v) is 5.57. The molecule has 0 saturated heterocycles. The Morgan fingerprint density at radius 2 is 1.90 bits per heavy atom. The molecule has 2 aromatic carbocycles. The zero-order valence-electron chi connectivity index (χ0n) is 11.9. The molecular weight excluding hydrogens is 286 g/mol. The van der Waals surface area contributed by atoms with Crippen LogP contribution in [-0.4, -0.2) is 13.2 Å². The van der Waals surface area contributed by atoms with E-state index in [0.717, 1.165) is 23.1 Å². The van der Waals surface area contributed by atoms with Crippen molar-refractivity contribution in [1.82, 2.24) is 5.32 Å². The summed E-state index contributed by atoms with van der Waals surface area (Å²) >= 11 is 6.03. The standard InChI is InChI=1S/C17H18ClNO2/c1-12(14-3-2-4-15(18)10-14)19-11-13-5-6-16-17(9-13)21-8-7-20-16/h2-6,9-10,12,19H,7-8,11H2,1H3. The van der Waals surface area contributed by atoms with Crippen molar-refractivity contribution in [2.45, 2.75) is 19.5 Å². The lowest BCUT2D eigenvalue weighted by atomic mass is 10.1. The van der Waals surface area contributed by atoms with Crippen LogP contribution >= 0.6 is 11.6 Å². The summed E-state index contributed by atoms with van der Waals surface area (Å²) in [6.07, 6.45) is 0. The molecule has 0 saturated carbocycles. The van der Waals surface area contributed by atoms with Gasteiger partial charge >= 0.3 is 0 Å². The van der Waals surface area contributed by atoms with Gasteiger partial charge in [-0.25, -0.2) is 0 Å². The van der Waals surface area contributed by atoms with Crippen LogP contribution in [0.1, 0.15) is 24.1 Å². The average Bonchev–Trinajstić information content (AvgIpc) is 2.52. The van der Waals surface area contributed by atoms with Gasteiger partial charge < -0.3 is 14.8 Å². The third-order valence-electron chi connectivity index (χ3n) is 3.57. The van der Waals surface area contributed by atoms with Gasteiger partial charge in [0.25, 0.3) is 0 Å². The highest BCUT2D eigenvalue weighted by molar-refractivity contribution is 6.30. The molecule has 3 nitrogen and oxygen atoms in total. The molecule has 0 radical (unpaired) electrons. The van der Waals surface area contributed by atoms with Crippen LogP contribution in [0, 0.1) is 0 Å². The van der Waals surface area contributed by atoms with Gasteiger partial charge in [0.2, 0.25) is 0 Å². The summed E-state index contributed by atoms with van der Waals surface area (Å²) in [5.74, 6) is 1.66. The Morgan fingerprint density at radius 1 is 1.10 bits per heavy atom. The lowest BCUT2D eigenvalue weighted by Crippen LogP contribution is -2.19. The lowest BCUT2D eigenvalue weighted by Gasteiger charge is -2.20. The molecule has 3 rings (SSSR count). The molecule has 1 heterocycles. The van der Waals surface area contributed by atoms with Crippen LogP contribution in [0.4, 0.5) is 0 Å². The Hall–Kier alpha value is -1.71. The third-order valence-corrected chi connectivity index (χ3v) is 3.80. The highest BCUT2D eigenvalue weighted by Crippen LogP contribution is 2.30. The Morgan fingerprint density at radius 3 is 2.71 bits per heavy atom. The fourth-order valence-corrected chi connectivity index (χ4v) is 2.56. The van der Waals surface area contributed by atoms with Gasteiger partial charge in [-0.05, 0) is 42.3 Å². The van der Waals surface area contributed by atoms with Crippen molar-refractivity contribution in [2.75, 3.05) is 13.2 Å². The molecule has 110 valence electrons. The molecular formula is C17H18ClNO2. The fourth-order valence-electron chi connectivity index (χ4n) is 2.36. The van der Waals surface area contributed by atoms with E-state index >= 15 is 0 Å². The van der Waals surface area contributed by atoms with E-state index in [4.69, 9.17) is 21.1 Å². The minimum atomic E-state index is 0.233. The normalized spacial score (nSPS) is 14.8. The number of nitrogens with one attached hydrogen (secondary N) is 1. The van der Waals surface area contributed by atoms with Crippen LogP contribution in [0.3, 0.4) is 0 Å². The van der Waals surface area contributed by atoms with Crippen LogP contribution in [0.15, 0.2) is 42.5 Å². The maximum absolute atomic E-state index is 6.03. The van der Waals surface area contributed by atoms with Gasteiger partial charge in [0.1, 0.15) is 13.2 Å². The number of ether oxygens (including phenoxy) is 2. The van der Waals surface area contributed by atoms with E-state index in [1.165, 1.54) is 11.1 Å². The summed E-state index contributed by atoms with van der Waals surface area (Å²) in [5, 5.41) is 4.26. The summed E-state index contributed by atoms with van der Waals surface area (Å²) in [4.78, 5) is 0. The van der Waals surface area contributed by atoms with E-state index in [-0.39, 0.29) is 6.04 Å². The first-order chi connectivity index (χ1) is 10.2. The summed E-state index contributed by atoms with van der Waals surface area (Å²) in [6, 6.07) is 14.2. The number of fused-ring (bicyclic) bond motifs is 1. The molecule has 0 fully saturated rings. The van der Waals surface area contributed by atoms with Gasteiger partial charge in [-0.3, -0.25) is 0 Å². The Bertz CT molecular complexity index is 630. The maximum atomic E-state index is 6.03. The molecule has 1 atom stereocenters. The highest BCUT2D eigenvalue weighted by atomic mass is 35.5. The summed E-state index contributed by atoms with van der Waals surface area (Å²) in [5.41, 5.74) is 2.35. The molecule has 2 aromatic rings. The Kier molecular flexibility index (Phi) is 4.32. The van der Waals surface area contributed by atoms with Crippen molar-refractivity contribution in [3.8, 4) is 11.5 Å². The maximum Gasteiger partial charge on any atom is 0.161 e. The van der Waals surface area contributed by atoms with E-state index in [0.29, 0.717) is 13.2 Å². The van der Waals surface area contributed by atoms with Gasteiger partial charge in [-0.15, -0.1) is 0 Å². The zero-order valence-corrected chi connectivity index (χ0v) is 12.7. The first kappa shape index (κ1) is 14.2. The first-order valence-electron chi connectivity index (χ1n) is 7.10. The molecule has 1 aliphatic rings. The molecule has 0 aliphatic carbocycles. The predicted octanol–water partition coefficient (Wildman–Crippen LogP) is 3.96. The van der Waals surface area contributed by atoms with Crippen molar-refractivity contribution in [1.29, 1.82) is 0 Å². The highest BCUT2D eigenvalue weighted by Gasteiger charge is 2.12. The van der Waals surface area contributed by atoms with Gasteiger partial charge in [-0.1, -0.05) is 29.8 Å². The number of hydrogen-bond acceptors (Lipinski definition) is 3. The predicted molar refractivity (Wildman–Crippen MR) is 84.1 cm³/mol. The second-order valence-electron chi connectivity index (χ2n) is 5.14.